The van der Waals surface area contributed by atoms with Crippen LogP contribution in [0.15, 0.2) is 47.6 Å². The van der Waals surface area contributed by atoms with Crippen molar-refractivity contribution in [2.45, 2.75) is 17.9 Å². The van der Waals surface area contributed by atoms with Crippen molar-refractivity contribution >= 4 is 10.0 Å². The van der Waals surface area contributed by atoms with Crippen molar-refractivity contribution in [3.63, 3.8) is 0 Å². The molecule has 2 aromatic rings. The van der Waals surface area contributed by atoms with E-state index in [0.29, 0.717) is 6.42 Å². The van der Waals surface area contributed by atoms with Gasteiger partial charge in [-0.2, -0.15) is 0 Å². The zero-order chi connectivity index (χ0) is 15.3. The first-order valence-corrected chi connectivity index (χ1v) is 7.88. The smallest absolute Gasteiger partial charge is 0.240 e. The van der Waals surface area contributed by atoms with Crippen LogP contribution in [0.1, 0.15) is 11.1 Å². The summed E-state index contributed by atoms with van der Waals surface area (Å²) in [5.74, 6) is -0.508. The van der Waals surface area contributed by atoms with Gasteiger partial charge in [-0.3, -0.25) is 4.98 Å². The number of sulfonamides is 1. The van der Waals surface area contributed by atoms with E-state index in [1.54, 1.807) is 18.5 Å². The highest BCUT2D eigenvalue weighted by atomic mass is 32.2. The Labute approximate surface area is 123 Å². The number of pyridine rings is 1. The summed E-state index contributed by atoms with van der Waals surface area (Å²) in [6.07, 6.45) is 3.86. The van der Waals surface area contributed by atoms with Crippen molar-refractivity contribution in [2.75, 3.05) is 6.54 Å². The molecule has 1 aromatic heterocycles. The molecule has 3 N–H and O–H groups in total. The highest BCUT2D eigenvalue weighted by Crippen LogP contribution is 2.14. The summed E-state index contributed by atoms with van der Waals surface area (Å²) in [6, 6.07) is 7.24. The van der Waals surface area contributed by atoms with Gasteiger partial charge in [-0.25, -0.2) is 17.5 Å². The van der Waals surface area contributed by atoms with E-state index in [2.05, 4.69) is 9.71 Å². The average molecular weight is 309 g/mol. The fourth-order valence-corrected chi connectivity index (χ4v) is 2.92. The topological polar surface area (TPSA) is 85.1 Å². The fraction of sp³-hybridized carbons (Fsp3) is 0.214. The maximum absolute atomic E-state index is 13.3. The number of halogens is 1. The molecule has 0 saturated carbocycles. The fourth-order valence-electron chi connectivity index (χ4n) is 1.83. The summed E-state index contributed by atoms with van der Waals surface area (Å²) in [5.41, 5.74) is 6.48. The summed E-state index contributed by atoms with van der Waals surface area (Å²) < 4.78 is 40.0. The molecule has 21 heavy (non-hydrogen) atoms. The van der Waals surface area contributed by atoms with Crippen LogP contribution < -0.4 is 10.5 Å². The third-order valence-corrected chi connectivity index (χ3v) is 4.43. The molecular weight excluding hydrogens is 293 g/mol. The Morgan fingerprint density at radius 3 is 2.76 bits per heavy atom. The van der Waals surface area contributed by atoms with Crippen LogP contribution in [0.4, 0.5) is 4.39 Å². The number of hydrogen-bond donors (Lipinski definition) is 2. The second-order valence-corrected chi connectivity index (χ2v) is 6.23. The van der Waals surface area contributed by atoms with E-state index in [0.717, 1.165) is 11.6 Å². The predicted octanol–water partition coefficient (Wildman–Crippen LogP) is 1.20. The van der Waals surface area contributed by atoms with Crippen LogP contribution >= 0.6 is 0 Å². The molecule has 0 aliphatic rings. The standard InChI is InChI=1S/C14H16FN3O2S/c15-14-4-3-13(8-12(14)9-16)21(19,20)18-7-5-11-2-1-6-17-10-11/h1-4,6,8,10,18H,5,7,9,16H2. The minimum absolute atomic E-state index is 0.00976. The van der Waals surface area contributed by atoms with Crippen molar-refractivity contribution in [1.82, 2.24) is 9.71 Å². The molecule has 0 radical (unpaired) electrons. The highest BCUT2D eigenvalue weighted by molar-refractivity contribution is 7.89. The Morgan fingerprint density at radius 1 is 1.29 bits per heavy atom. The lowest BCUT2D eigenvalue weighted by molar-refractivity contribution is 0.579. The quantitative estimate of drug-likeness (QED) is 0.839. The van der Waals surface area contributed by atoms with Gasteiger partial charge in [-0.05, 0) is 36.2 Å². The first-order chi connectivity index (χ1) is 10.0. The van der Waals surface area contributed by atoms with Crippen LogP contribution in [0, 0.1) is 5.82 Å². The zero-order valence-corrected chi connectivity index (χ0v) is 12.1. The number of benzene rings is 1. The van der Waals surface area contributed by atoms with E-state index in [-0.39, 0.29) is 23.5 Å². The Bertz CT molecular complexity index is 705. The van der Waals surface area contributed by atoms with E-state index in [1.165, 1.54) is 12.1 Å². The molecule has 0 saturated heterocycles. The number of nitrogens with two attached hydrogens (primary N) is 1. The highest BCUT2D eigenvalue weighted by Gasteiger charge is 2.15. The van der Waals surface area contributed by atoms with Crippen LogP contribution in [-0.2, 0) is 23.0 Å². The Balaban J connectivity index is 2.05. The SMILES string of the molecule is NCc1cc(S(=O)(=O)NCCc2cccnc2)ccc1F. The van der Waals surface area contributed by atoms with Gasteiger partial charge in [0.25, 0.3) is 0 Å². The van der Waals surface area contributed by atoms with Crippen molar-refractivity contribution in [3.05, 3.63) is 59.7 Å². The zero-order valence-electron chi connectivity index (χ0n) is 11.3. The van der Waals surface area contributed by atoms with Gasteiger partial charge in [-0.1, -0.05) is 6.07 Å². The molecule has 5 nitrogen and oxygen atoms in total. The third kappa shape index (κ3) is 4.07. The molecule has 0 amide bonds. The Kier molecular flexibility index (Phi) is 5.00. The number of nitrogens with zero attached hydrogens (tertiary/aromatic N) is 1. The van der Waals surface area contributed by atoms with E-state index in [4.69, 9.17) is 5.73 Å². The normalized spacial score (nSPS) is 11.5. The van der Waals surface area contributed by atoms with Crippen molar-refractivity contribution in [3.8, 4) is 0 Å². The lowest BCUT2D eigenvalue weighted by Gasteiger charge is -2.08. The molecule has 1 heterocycles. The molecule has 0 bridgehead atoms. The number of hydrogen-bond acceptors (Lipinski definition) is 4. The maximum Gasteiger partial charge on any atom is 0.240 e. The molecule has 0 fully saturated rings. The molecule has 7 heteroatoms. The summed E-state index contributed by atoms with van der Waals surface area (Å²) >= 11 is 0. The van der Waals surface area contributed by atoms with Gasteiger partial charge >= 0.3 is 0 Å². The minimum atomic E-state index is -3.67. The van der Waals surface area contributed by atoms with E-state index >= 15 is 0 Å². The number of nitrogens with one attached hydrogen (secondary N) is 1. The van der Waals surface area contributed by atoms with Crippen LogP contribution in [-0.4, -0.2) is 19.9 Å². The van der Waals surface area contributed by atoms with E-state index in [9.17, 15) is 12.8 Å². The third-order valence-electron chi connectivity index (χ3n) is 2.98. The predicted molar refractivity (Wildman–Crippen MR) is 77.4 cm³/mol. The average Bonchev–Trinajstić information content (AvgIpc) is 2.48. The lowest BCUT2D eigenvalue weighted by atomic mass is 10.2. The molecular formula is C14H16FN3O2S. The first kappa shape index (κ1) is 15.6. The molecule has 0 atom stereocenters. The van der Waals surface area contributed by atoms with Crippen LogP contribution in [0.5, 0.6) is 0 Å². The number of aromatic nitrogens is 1. The first-order valence-electron chi connectivity index (χ1n) is 6.40. The van der Waals surface area contributed by atoms with Gasteiger partial charge < -0.3 is 5.73 Å². The summed E-state index contributed by atoms with van der Waals surface area (Å²) in [6.45, 7) is 0.189. The van der Waals surface area contributed by atoms with Crippen molar-refractivity contribution in [1.29, 1.82) is 0 Å². The van der Waals surface area contributed by atoms with Gasteiger partial charge in [0.1, 0.15) is 5.82 Å². The summed E-state index contributed by atoms with van der Waals surface area (Å²) in [4.78, 5) is 3.97. The Hall–Kier alpha value is -1.83. The van der Waals surface area contributed by atoms with Gasteiger partial charge in [0, 0.05) is 31.0 Å². The summed E-state index contributed by atoms with van der Waals surface area (Å²) in [7, 11) is -3.67. The molecule has 0 aliphatic carbocycles. The largest absolute Gasteiger partial charge is 0.326 e. The molecule has 2 rings (SSSR count). The summed E-state index contributed by atoms with van der Waals surface area (Å²) in [5, 5.41) is 0. The number of rotatable bonds is 6. The van der Waals surface area contributed by atoms with Gasteiger partial charge in [0.2, 0.25) is 10.0 Å². The van der Waals surface area contributed by atoms with Gasteiger partial charge in [-0.15, -0.1) is 0 Å². The molecule has 1 aromatic carbocycles. The minimum Gasteiger partial charge on any atom is -0.326 e. The van der Waals surface area contributed by atoms with E-state index in [1.807, 2.05) is 6.07 Å². The van der Waals surface area contributed by atoms with E-state index < -0.39 is 15.8 Å². The van der Waals surface area contributed by atoms with Crippen molar-refractivity contribution in [2.24, 2.45) is 5.73 Å². The van der Waals surface area contributed by atoms with Crippen LogP contribution in [0.25, 0.3) is 0 Å². The van der Waals surface area contributed by atoms with Gasteiger partial charge in [0.15, 0.2) is 0 Å². The second-order valence-electron chi connectivity index (χ2n) is 4.47. The molecule has 0 spiro atoms. The lowest BCUT2D eigenvalue weighted by Crippen LogP contribution is -2.26. The maximum atomic E-state index is 13.3. The monoisotopic (exact) mass is 309 g/mol. The van der Waals surface area contributed by atoms with Crippen molar-refractivity contribution < 1.29 is 12.8 Å². The molecule has 112 valence electrons. The Morgan fingerprint density at radius 2 is 2.10 bits per heavy atom. The second kappa shape index (κ2) is 6.75. The van der Waals surface area contributed by atoms with Gasteiger partial charge in [0.05, 0.1) is 4.90 Å². The molecule has 0 unspecified atom stereocenters. The van der Waals surface area contributed by atoms with Crippen LogP contribution in [0.3, 0.4) is 0 Å². The molecule has 0 aliphatic heterocycles. The van der Waals surface area contributed by atoms with Crippen LogP contribution in [0.2, 0.25) is 0 Å².